The van der Waals surface area contributed by atoms with Crippen molar-refractivity contribution in [1.82, 2.24) is 15.0 Å². The molecule has 0 aliphatic heterocycles. The van der Waals surface area contributed by atoms with Crippen molar-refractivity contribution in [3.05, 3.63) is 83.9 Å². The molecule has 2 N–H and O–H groups in total. The first-order chi connectivity index (χ1) is 13.2. The summed E-state index contributed by atoms with van der Waals surface area (Å²) in [4.78, 5) is 25.2. The fourth-order valence-corrected chi connectivity index (χ4v) is 2.75. The Labute approximate surface area is 160 Å². The van der Waals surface area contributed by atoms with E-state index in [1.165, 1.54) is 6.33 Å². The molecule has 0 saturated heterocycles. The van der Waals surface area contributed by atoms with E-state index in [0.29, 0.717) is 16.5 Å². The standard InChI is InChI=1S/C20H14ClN5O/c21-14-6-8-15(9-7-14)25-18-11-17(23-12-24-18)20(27)26-16-5-1-3-13-4-2-10-22-19(13)16/h1-12H,(H,26,27)(H,23,24,25). The van der Waals surface area contributed by atoms with E-state index < -0.39 is 0 Å². The van der Waals surface area contributed by atoms with Crippen molar-refractivity contribution >= 4 is 45.6 Å². The van der Waals surface area contributed by atoms with E-state index in [0.717, 1.165) is 16.6 Å². The molecule has 2 heterocycles. The predicted octanol–water partition coefficient (Wildman–Crippen LogP) is 4.67. The van der Waals surface area contributed by atoms with Crippen molar-refractivity contribution in [1.29, 1.82) is 0 Å². The second kappa shape index (κ2) is 7.39. The summed E-state index contributed by atoms with van der Waals surface area (Å²) in [5, 5.41) is 7.57. The predicted molar refractivity (Wildman–Crippen MR) is 106 cm³/mol. The number of fused-ring (bicyclic) bond motifs is 1. The van der Waals surface area contributed by atoms with Crippen molar-refractivity contribution in [2.75, 3.05) is 10.6 Å². The lowest BCUT2D eigenvalue weighted by Crippen LogP contribution is -2.14. The van der Waals surface area contributed by atoms with Crippen LogP contribution in [-0.4, -0.2) is 20.9 Å². The molecule has 7 heteroatoms. The molecule has 0 radical (unpaired) electrons. The molecular weight excluding hydrogens is 362 g/mol. The monoisotopic (exact) mass is 375 g/mol. The Morgan fingerprint density at radius 2 is 1.74 bits per heavy atom. The minimum atomic E-state index is -0.338. The topological polar surface area (TPSA) is 79.8 Å². The molecule has 0 saturated carbocycles. The molecule has 2 aromatic carbocycles. The smallest absolute Gasteiger partial charge is 0.274 e. The van der Waals surface area contributed by atoms with E-state index in [-0.39, 0.29) is 11.6 Å². The Morgan fingerprint density at radius 1 is 0.926 bits per heavy atom. The summed E-state index contributed by atoms with van der Waals surface area (Å²) in [6.07, 6.45) is 3.03. The number of nitrogens with zero attached hydrogens (tertiary/aromatic N) is 3. The second-order valence-electron chi connectivity index (χ2n) is 5.76. The highest BCUT2D eigenvalue weighted by atomic mass is 35.5. The maximum absolute atomic E-state index is 12.6. The number of anilines is 3. The maximum Gasteiger partial charge on any atom is 0.274 e. The Balaban J connectivity index is 1.56. The fourth-order valence-electron chi connectivity index (χ4n) is 2.62. The van der Waals surface area contributed by atoms with Crippen molar-refractivity contribution < 1.29 is 4.79 Å². The number of benzene rings is 2. The number of carbonyl (C=O) groups excluding carboxylic acids is 1. The highest BCUT2D eigenvalue weighted by Gasteiger charge is 2.11. The van der Waals surface area contributed by atoms with Gasteiger partial charge in [0.2, 0.25) is 0 Å². The molecule has 27 heavy (non-hydrogen) atoms. The van der Waals surface area contributed by atoms with Crippen molar-refractivity contribution in [2.24, 2.45) is 0 Å². The first kappa shape index (κ1) is 16.9. The van der Waals surface area contributed by atoms with Gasteiger partial charge < -0.3 is 10.6 Å². The molecule has 2 aromatic heterocycles. The highest BCUT2D eigenvalue weighted by Crippen LogP contribution is 2.22. The van der Waals surface area contributed by atoms with Crippen molar-refractivity contribution in [2.45, 2.75) is 0 Å². The van der Waals surface area contributed by atoms with Crippen LogP contribution in [0.15, 0.2) is 73.2 Å². The second-order valence-corrected chi connectivity index (χ2v) is 6.19. The molecule has 4 rings (SSSR count). The van der Waals surface area contributed by atoms with Gasteiger partial charge >= 0.3 is 0 Å². The van der Waals surface area contributed by atoms with Crippen LogP contribution in [0, 0.1) is 0 Å². The fraction of sp³-hybridized carbons (Fsp3) is 0. The van der Waals surface area contributed by atoms with Gasteiger partial charge in [0.25, 0.3) is 5.91 Å². The number of hydrogen-bond donors (Lipinski definition) is 2. The normalized spacial score (nSPS) is 10.6. The Hall–Kier alpha value is -3.51. The molecule has 0 bridgehead atoms. The van der Waals surface area contributed by atoms with E-state index in [9.17, 15) is 4.79 Å². The van der Waals surface area contributed by atoms with Gasteiger partial charge in [-0.2, -0.15) is 0 Å². The zero-order valence-electron chi connectivity index (χ0n) is 14.1. The van der Waals surface area contributed by atoms with E-state index in [2.05, 4.69) is 25.6 Å². The third-order valence-electron chi connectivity index (χ3n) is 3.90. The molecule has 6 nitrogen and oxygen atoms in total. The maximum atomic E-state index is 12.6. The van der Waals surface area contributed by atoms with Crippen LogP contribution in [0.5, 0.6) is 0 Å². The first-order valence-corrected chi connectivity index (χ1v) is 8.56. The van der Waals surface area contributed by atoms with Crippen LogP contribution in [-0.2, 0) is 0 Å². The third kappa shape index (κ3) is 3.86. The van der Waals surface area contributed by atoms with Crippen LogP contribution in [0.4, 0.5) is 17.2 Å². The van der Waals surface area contributed by atoms with E-state index in [1.54, 1.807) is 30.5 Å². The quantitative estimate of drug-likeness (QED) is 0.541. The van der Waals surface area contributed by atoms with Gasteiger partial charge in [0.05, 0.1) is 11.2 Å². The van der Waals surface area contributed by atoms with E-state index >= 15 is 0 Å². The number of amides is 1. The van der Waals surface area contributed by atoms with Crippen molar-refractivity contribution in [3.8, 4) is 0 Å². The number of nitrogens with one attached hydrogen (secondary N) is 2. The van der Waals surface area contributed by atoms with E-state index in [4.69, 9.17) is 11.6 Å². The lowest BCUT2D eigenvalue weighted by Gasteiger charge is -2.09. The van der Waals surface area contributed by atoms with Gasteiger partial charge in [-0.25, -0.2) is 9.97 Å². The number of aromatic nitrogens is 3. The Bertz CT molecular complexity index is 1110. The van der Waals surface area contributed by atoms with Crippen LogP contribution in [0.25, 0.3) is 10.9 Å². The molecule has 0 spiro atoms. The number of para-hydroxylation sites is 1. The lowest BCUT2D eigenvalue weighted by atomic mass is 10.2. The first-order valence-electron chi connectivity index (χ1n) is 8.19. The number of hydrogen-bond acceptors (Lipinski definition) is 5. The van der Waals surface area contributed by atoms with Gasteiger partial charge in [0, 0.05) is 28.4 Å². The third-order valence-corrected chi connectivity index (χ3v) is 4.15. The number of halogens is 1. The molecule has 0 aliphatic rings. The molecule has 132 valence electrons. The molecular formula is C20H14ClN5O. The zero-order valence-corrected chi connectivity index (χ0v) is 14.8. The van der Waals surface area contributed by atoms with Gasteiger partial charge in [-0.3, -0.25) is 9.78 Å². The molecule has 0 fully saturated rings. The average Bonchev–Trinajstić information content (AvgIpc) is 2.70. The highest BCUT2D eigenvalue weighted by molar-refractivity contribution is 6.30. The number of carbonyl (C=O) groups is 1. The Morgan fingerprint density at radius 3 is 2.59 bits per heavy atom. The largest absolute Gasteiger partial charge is 0.340 e. The van der Waals surface area contributed by atoms with Gasteiger partial charge in [-0.1, -0.05) is 29.8 Å². The Kier molecular flexibility index (Phi) is 4.63. The summed E-state index contributed by atoms with van der Waals surface area (Å²) >= 11 is 5.89. The van der Waals surface area contributed by atoms with Gasteiger partial charge in [-0.05, 0) is 36.4 Å². The summed E-state index contributed by atoms with van der Waals surface area (Å²) in [6.45, 7) is 0. The summed E-state index contributed by atoms with van der Waals surface area (Å²) in [6, 6.07) is 18.2. The van der Waals surface area contributed by atoms with Crippen molar-refractivity contribution in [3.63, 3.8) is 0 Å². The van der Waals surface area contributed by atoms with E-state index in [1.807, 2.05) is 36.4 Å². The summed E-state index contributed by atoms with van der Waals surface area (Å²) in [5.41, 5.74) is 2.41. The minimum Gasteiger partial charge on any atom is -0.340 e. The molecule has 1 amide bonds. The van der Waals surface area contributed by atoms with Crippen LogP contribution >= 0.6 is 11.6 Å². The van der Waals surface area contributed by atoms with Gasteiger partial charge in [0.1, 0.15) is 17.8 Å². The molecule has 4 aromatic rings. The lowest BCUT2D eigenvalue weighted by molar-refractivity contribution is 0.102. The zero-order chi connectivity index (χ0) is 18.6. The summed E-state index contributed by atoms with van der Waals surface area (Å²) in [5.74, 6) is 0.170. The number of pyridine rings is 1. The molecule has 0 atom stereocenters. The summed E-state index contributed by atoms with van der Waals surface area (Å²) < 4.78 is 0. The van der Waals surface area contributed by atoms with Crippen LogP contribution in [0.1, 0.15) is 10.5 Å². The van der Waals surface area contributed by atoms with Gasteiger partial charge in [0.15, 0.2) is 0 Å². The SMILES string of the molecule is O=C(Nc1cccc2cccnc12)c1cc(Nc2ccc(Cl)cc2)ncn1. The van der Waals surface area contributed by atoms with Gasteiger partial charge in [-0.15, -0.1) is 0 Å². The average molecular weight is 376 g/mol. The van der Waals surface area contributed by atoms with Crippen LogP contribution in [0.3, 0.4) is 0 Å². The van der Waals surface area contributed by atoms with Crippen LogP contribution < -0.4 is 10.6 Å². The molecule has 0 aliphatic carbocycles. The van der Waals surface area contributed by atoms with Crippen LogP contribution in [0.2, 0.25) is 5.02 Å². The molecule has 0 unspecified atom stereocenters. The summed E-state index contributed by atoms with van der Waals surface area (Å²) in [7, 11) is 0. The minimum absolute atomic E-state index is 0.245. The number of rotatable bonds is 4.